The van der Waals surface area contributed by atoms with Gasteiger partial charge in [0.15, 0.2) is 0 Å². The maximum absolute atomic E-state index is 13.3. The van der Waals surface area contributed by atoms with E-state index in [0.717, 1.165) is 22.8 Å². The van der Waals surface area contributed by atoms with Crippen molar-refractivity contribution in [2.45, 2.75) is 46.6 Å². The Morgan fingerprint density at radius 1 is 1.10 bits per heavy atom. The largest absolute Gasteiger partial charge is 0.346 e. The molecule has 0 unspecified atom stereocenters. The van der Waals surface area contributed by atoms with E-state index in [1.165, 1.54) is 0 Å². The van der Waals surface area contributed by atoms with Gasteiger partial charge in [-0.2, -0.15) is 5.10 Å². The lowest BCUT2D eigenvalue weighted by molar-refractivity contribution is 0.0948. The van der Waals surface area contributed by atoms with Gasteiger partial charge in [0.25, 0.3) is 5.91 Å². The minimum absolute atomic E-state index is 0.0727. The van der Waals surface area contributed by atoms with Crippen LogP contribution in [0.3, 0.4) is 0 Å². The molecule has 0 fully saturated rings. The summed E-state index contributed by atoms with van der Waals surface area (Å²) in [5, 5.41) is 8.77. The van der Waals surface area contributed by atoms with E-state index in [2.05, 4.69) is 38.0 Å². The third-order valence-electron chi connectivity index (χ3n) is 4.67. The summed E-state index contributed by atoms with van der Waals surface area (Å²) >= 11 is 12.3. The van der Waals surface area contributed by atoms with Crippen molar-refractivity contribution in [1.29, 1.82) is 0 Å². The van der Waals surface area contributed by atoms with Crippen LogP contribution in [0.4, 0.5) is 0 Å². The van der Waals surface area contributed by atoms with Gasteiger partial charge in [0.2, 0.25) is 0 Å². The number of pyridine rings is 1. The topological polar surface area (TPSA) is 59.8 Å². The summed E-state index contributed by atoms with van der Waals surface area (Å²) in [6, 6.07) is 11.0. The summed E-state index contributed by atoms with van der Waals surface area (Å²) in [5.74, 6) is 0.277. The molecular formula is C23H26Cl2N4O. The molecule has 3 aromatic rings. The molecule has 5 nitrogen and oxygen atoms in total. The zero-order valence-electron chi connectivity index (χ0n) is 17.6. The zero-order chi connectivity index (χ0) is 21.8. The monoisotopic (exact) mass is 444 g/mol. The summed E-state index contributed by atoms with van der Waals surface area (Å²) in [6.07, 6.45) is 2.41. The second kappa shape index (κ2) is 9.63. The number of halogens is 2. The van der Waals surface area contributed by atoms with Crippen LogP contribution in [-0.4, -0.2) is 20.7 Å². The van der Waals surface area contributed by atoms with Gasteiger partial charge < -0.3 is 5.32 Å². The molecule has 0 radical (unpaired) electrons. The first-order valence-electron chi connectivity index (χ1n) is 10.0. The van der Waals surface area contributed by atoms with Crippen LogP contribution in [0.2, 0.25) is 10.0 Å². The first-order valence-corrected chi connectivity index (χ1v) is 10.8. The molecule has 7 heteroatoms. The molecule has 0 saturated carbocycles. The second-order valence-electron chi connectivity index (χ2n) is 7.97. The minimum atomic E-state index is -0.147. The molecule has 2 heterocycles. The fourth-order valence-electron chi connectivity index (χ4n) is 3.36. The van der Waals surface area contributed by atoms with Crippen molar-refractivity contribution < 1.29 is 4.79 Å². The molecule has 3 rings (SSSR count). The van der Waals surface area contributed by atoms with E-state index in [-0.39, 0.29) is 11.8 Å². The highest BCUT2D eigenvalue weighted by atomic mass is 35.5. The molecule has 2 aromatic heterocycles. The number of carbonyl (C=O) groups excluding carboxylic acids is 1. The molecule has 0 aliphatic heterocycles. The number of aromatic nitrogens is 3. The molecule has 30 heavy (non-hydrogen) atoms. The van der Waals surface area contributed by atoms with Gasteiger partial charge in [0.1, 0.15) is 0 Å². The van der Waals surface area contributed by atoms with Crippen LogP contribution >= 0.6 is 23.2 Å². The fourth-order valence-corrected chi connectivity index (χ4v) is 3.66. The van der Waals surface area contributed by atoms with Gasteiger partial charge in [0.05, 0.1) is 44.9 Å². The number of rotatable bonds is 7. The highest BCUT2D eigenvalue weighted by Crippen LogP contribution is 2.30. The number of amides is 1. The van der Waals surface area contributed by atoms with Gasteiger partial charge in [-0.1, -0.05) is 57.0 Å². The molecule has 0 spiro atoms. The maximum Gasteiger partial charge on any atom is 0.255 e. The Hall–Kier alpha value is -2.37. The normalized spacial score (nSPS) is 11.3. The van der Waals surface area contributed by atoms with E-state index < -0.39 is 0 Å². The molecule has 0 saturated heterocycles. The Bertz CT molecular complexity index is 1030. The van der Waals surface area contributed by atoms with Crippen molar-refractivity contribution in [1.82, 2.24) is 20.1 Å². The molecule has 0 aliphatic rings. The summed E-state index contributed by atoms with van der Waals surface area (Å²) < 4.78 is 1.82. The molecule has 158 valence electrons. The molecule has 1 aromatic carbocycles. The lowest BCUT2D eigenvalue weighted by Crippen LogP contribution is -2.25. The number of hydrogen-bond donors (Lipinski definition) is 1. The number of hydrogen-bond acceptors (Lipinski definition) is 3. The maximum atomic E-state index is 13.3. The van der Waals surface area contributed by atoms with Gasteiger partial charge >= 0.3 is 0 Å². The Kier molecular flexibility index (Phi) is 7.16. The van der Waals surface area contributed by atoms with E-state index in [1.807, 2.05) is 28.9 Å². The molecule has 1 amide bonds. The summed E-state index contributed by atoms with van der Waals surface area (Å²) in [4.78, 5) is 17.6. The first-order chi connectivity index (χ1) is 14.3. The number of benzene rings is 1. The fraction of sp³-hybridized carbons (Fsp3) is 0.348. The van der Waals surface area contributed by atoms with Crippen molar-refractivity contribution in [3.8, 4) is 5.69 Å². The quantitative estimate of drug-likeness (QED) is 0.498. The van der Waals surface area contributed by atoms with E-state index in [0.29, 0.717) is 34.5 Å². The molecule has 0 atom stereocenters. The average Bonchev–Trinajstić information content (AvgIpc) is 3.08. The molecule has 0 aliphatic carbocycles. The van der Waals surface area contributed by atoms with Gasteiger partial charge in [0, 0.05) is 6.20 Å². The smallest absolute Gasteiger partial charge is 0.255 e. The SMILES string of the molecule is CC(C)Cc1nn(-c2ccc(Cl)c(Cl)c2)c(C(C)C)c1C(=O)NCc1ccccn1. The van der Waals surface area contributed by atoms with Crippen LogP contribution in [0.5, 0.6) is 0 Å². The van der Waals surface area contributed by atoms with Crippen LogP contribution in [0.15, 0.2) is 42.6 Å². The average molecular weight is 445 g/mol. The van der Waals surface area contributed by atoms with Gasteiger partial charge in [-0.15, -0.1) is 0 Å². The number of nitrogens with zero attached hydrogens (tertiary/aromatic N) is 3. The van der Waals surface area contributed by atoms with Crippen molar-refractivity contribution >= 4 is 29.1 Å². The molecular weight excluding hydrogens is 419 g/mol. The van der Waals surface area contributed by atoms with Crippen LogP contribution in [0, 0.1) is 5.92 Å². The first kappa shape index (κ1) is 22.3. The number of nitrogens with one attached hydrogen (secondary N) is 1. The van der Waals surface area contributed by atoms with Crippen LogP contribution in [-0.2, 0) is 13.0 Å². The van der Waals surface area contributed by atoms with E-state index in [1.54, 1.807) is 18.3 Å². The third-order valence-corrected chi connectivity index (χ3v) is 5.41. The van der Waals surface area contributed by atoms with E-state index >= 15 is 0 Å². The third kappa shape index (κ3) is 5.02. The van der Waals surface area contributed by atoms with Crippen molar-refractivity contribution in [2.24, 2.45) is 5.92 Å². The van der Waals surface area contributed by atoms with Crippen molar-refractivity contribution in [3.63, 3.8) is 0 Å². The molecule has 0 bridgehead atoms. The Labute approximate surface area is 187 Å². The van der Waals surface area contributed by atoms with Gasteiger partial charge in [-0.3, -0.25) is 9.78 Å². The summed E-state index contributed by atoms with van der Waals surface area (Å²) in [6.45, 7) is 8.70. The summed E-state index contributed by atoms with van der Waals surface area (Å²) in [7, 11) is 0. The summed E-state index contributed by atoms with van der Waals surface area (Å²) in [5.41, 5.74) is 3.84. The minimum Gasteiger partial charge on any atom is -0.346 e. The van der Waals surface area contributed by atoms with E-state index in [4.69, 9.17) is 28.3 Å². The predicted molar refractivity (Wildman–Crippen MR) is 122 cm³/mol. The number of carbonyl (C=O) groups is 1. The van der Waals surface area contributed by atoms with Crippen LogP contribution in [0.1, 0.15) is 61.1 Å². The lowest BCUT2D eigenvalue weighted by Gasteiger charge is -2.14. The Morgan fingerprint density at radius 3 is 2.47 bits per heavy atom. The Morgan fingerprint density at radius 2 is 1.87 bits per heavy atom. The van der Waals surface area contributed by atoms with Gasteiger partial charge in [-0.05, 0) is 48.6 Å². The van der Waals surface area contributed by atoms with Crippen molar-refractivity contribution in [3.05, 3.63) is 75.3 Å². The van der Waals surface area contributed by atoms with E-state index in [9.17, 15) is 4.79 Å². The van der Waals surface area contributed by atoms with Gasteiger partial charge in [-0.25, -0.2) is 4.68 Å². The zero-order valence-corrected chi connectivity index (χ0v) is 19.1. The van der Waals surface area contributed by atoms with Crippen molar-refractivity contribution in [2.75, 3.05) is 0 Å². The standard InChI is InChI=1S/C23H26Cl2N4O/c1-14(2)11-20-21(23(30)27-13-16-7-5-6-10-26-16)22(15(3)4)29(28-20)17-8-9-18(24)19(25)12-17/h5-10,12,14-15H,11,13H2,1-4H3,(H,27,30). The molecule has 1 N–H and O–H groups in total. The lowest BCUT2D eigenvalue weighted by atomic mass is 9.98. The highest BCUT2D eigenvalue weighted by Gasteiger charge is 2.27. The highest BCUT2D eigenvalue weighted by molar-refractivity contribution is 6.42. The van der Waals surface area contributed by atoms with Crippen LogP contribution in [0.25, 0.3) is 5.69 Å². The Balaban J connectivity index is 2.05. The predicted octanol–water partition coefficient (Wildman–Crippen LogP) is 5.83. The second-order valence-corrected chi connectivity index (χ2v) is 8.79. The van der Waals surface area contributed by atoms with Crippen LogP contribution < -0.4 is 5.32 Å².